The van der Waals surface area contributed by atoms with Crippen LogP contribution in [-0.4, -0.2) is 25.4 Å². The fourth-order valence-electron chi connectivity index (χ4n) is 2.69. The normalized spacial score (nSPS) is 13.0. The van der Waals surface area contributed by atoms with Crippen LogP contribution >= 0.6 is 22.9 Å². The van der Waals surface area contributed by atoms with Crippen LogP contribution in [-0.2, 0) is 6.54 Å². The lowest BCUT2D eigenvalue weighted by molar-refractivity contribution is -0.380. The first-order chi connectivity index (χ1) is 11.6. The molecule has 1 aromatic carbocycles. The second-order valence-electron chi connectivity index (χ2n) is 5.20. The maximum absolute atomic E-state index is 11.3. The van der Waals surface area contributed by atoms with Crippen LogP contribution in [0.15, 0.2) is 35.3 Å². The Balaban J connectivity index is 2.01. The molecule has 9 heteroatoms. The smallest absolute Gasteiger partial charge is 0.276 e. The fourth-order valence-corrected chi connectivity index (χ4v) is 3.95. The van der Waals surface area contributed by atoms with Crippen molar-refractivity contribution in [2.24, 2.45) is 4.99 Å². The lowest BCUT2D eigenvalue weighted by Crippen LogP contribution is -2.05. The van der Waals surface area contributed by atoms with Gasteiger partial charge in [0.15, 0.2) is 5.82 Å². The van der Waals surface area contributed by atoms with Crippen LogP contribution in [0.1, 0.15) is 22.8 Å². The first-order valence-corrected chi connectivity index (χ1v) is 8.25. The number of thiophene rings is 1. The Morgan fingerprint density at radius 1 is 1.29 bits per heavy atom. The van der Waals surface area contributed by atoms with Crippen LogP contribution in [0.3, 0.4) is 0 Å². The minimum absolute atomic E-state index is 0.0423. The Morgan fingerprint density at radius 2 is 2.08 bits per heavy atom. The summed E-state index contributed by atoms with van der Waals surface area (Å²) in [5.74, 6) is 1.31. The second kappa shape index (κ2) is 5.50. The minimum Gasteiger partial charge on any atom is -0.276 e. The highest BCUT2D eigenvalue weighted by Gasteiger charge is 2.28. The van der Waals surface area contributed by atoms with Crippen molar-refractivity contribution in [2.75, 3.05) is 0 Å². The molecule has 4 rings (SSSR count). The summed E-state index contributed by atoms with van der Waals surface area (Å²) in [5, 5.41) is 20.7. The predicted octanol–water partition coefficient (Wildman–Crippen LogP) is 3.55. The molecule has 0 fully saturated rings. The third kappa shape index (κ3) is 2.22. The molecule has 7 nitrogen and oxygen atoms in total. The van der Waals surface area contributed by atoms with Gasteiger partial charge in [-0.2, -0.15) is 0 Å². The number of hydrogen-bond donors (Lipinski definition) is 0. The van der Waals surface area contributed by atoms with Crippen molar-refractivity contribution in [3.05, 3.63) is 68.2 Å². The Hall–Kier alpha value is -2.58. The van der Waals surface area contributed by atoms with Crippen LogP contribution in [0.2, 0.25) is 5.02 Å². The van der Waals surface area contributed by atoms with Gasteiger partial charge < -0.3 is 0 Å². The van der Waals surface area contributed by atoms with Gasteiger partial charge >= 0.3 is 5.00 Å². The number of hydrogen-bond acceptors (Lipinski definition) is 6. The van der Waals surface area contributed by atoms with Gasteiger partial charge in [-0.25, -0.2) is 0 Å². The average Bonchev–Trinajstić information content (AvgIpc) is 3.10. The highest BCUT2D eigenvalue weighted by molar-refractivity contribution is 7.18. The lowest BCUT2D eigenvalue weighted by Gasteiger charge is -2.08. The summed E-state index contributed by atoms with van der Waals surface area (Å²) in [5.41, 5.74) is 2.04. The third-order valence-corrected chi connectivity index (χ3v) is 5.14. The highest BCUT2D eigenvalue weighted by Crippen LogP contribution is 2.37. The molecule has 3 heterocycles. The summed E-state index contributed by atoms with van der Waals surface area (Å²) in [6.45, 7) is 2.14. The predicted molar refractivity (Wildman–Crippen MR) is 91.4 cm³/mol. The number of nitrogens with zero attached hydrogens (tertiary/aromatic N) is 5. The molecule has 0 N–H and O–H groups in total. The maximum atomic E-state index is 11.3. The molecule has 1 aliphatic rings. The molecule has 0 saturated carbocycles. The molecule has 2 aromatic heterocycles. The van der Waals surface area contributed by atoms with E-state index in [1.54, 1.807) is 6.07 Å². The number of nitro groups is 1. The molecule has 0 atom stereocenters. The van der Waals surface area contributed by atoms with E-state index in [2.05, 4.69) is 15.2 Å². The molecular formula is C15H10ClN5O2S. The molecule has 0 radical (unpaired) electrons. The van der Waals surface area contributed by atoms with Crippen LogP contribution in [0.25, 0.3) is 5.00 Å². The standard InChI is InChI=1S/C15H10ClN5O2S/c1-8-18-19-12-7-17-14(9-4-2-3-5-11(9)16)10-6-13(21(22)23)24-15(10)20(8)12/h2-6H,7H2,1H3. The molecular weight excluding hydrogens is 350 g/mol. The van der Waals surface area contributed by atoms with Crippen LogP contribution in [0.5, 0.6) is 0 Å². The first-order valence-electron chi connectivity index (χ1n) is 7.05. The average molecular weight is 360 g/mol. The fraction of sp³-hybridized carbons (Fsp3) is 0.133. The summed E-state index contributed by atoms with van der Waals surface area (Å²) >= 11 is 7.40. The Morgan fingerprint density at radius 3 is 2.83 bits per heavy atom. The van der Waals surface area contributed by atoms with Crippen molar-refractivity contribution in [3.63, 3.8) is 0 Å². The van der Waals surface area contributed by atoms with Gasteiger partial charge in [-0.15, -0.1) is 10.2 Å². The van der Waals surface area contributed by atoms with E-state index < -0.39 is 4.92 Å². The molecule has 1 aliphatic heterocycles. The van der Waals surface area contributed by atoms with E-state index in [0.717, 1.165) is 16.9 Å². The zero-order chi connectivity index (χ0) is 16.8. The summed E-state index contributed by atoms with van der Waals surface area (Å²) in [6.07, 6.45) is 0. The van der Waals surface area contributed by atoms with E-state index in [1.807, 2.05) is 29.7 Å². The molecule has 0 bridgehead atoms. The number of aryl methyl sites for hydroxylation is 1. The Bertz CT molecular complexity index is 1010. The van der Waals surface area contributed by atoms with Crippen molar-refractivity contribution >= 4 is 33.7 Å². The monoisotopic (exact) mass is 359 g/mol. The van der Waals surface area contributed by atoms with Crippen molar-refractivity contribution in [2.45, 2.75) is 13.5 Å². The van der Waals surface area contributed by atoms with Crippen molar-refractivity contribution in [3.8, 4) is 5.00 Å². The van der Waals surface area contributed by atoms with Crippen molar-refractivity contribution < 1.29 is 4.92 Å². The third-order valence-electron chi connectivity index (χ3n) is 3.74. The van der Waals surface area contributed by atoms with Gasteiger partial charge in [0, 0.05) is 22.2 Å². The molecule has 0 spiro atoms. The van der Waals surface area contributed by atoms with E-state index in [0.29, 0.717) is 39.5 Å². The van der Waals surface area contributed by atoms with Gasteiger partial charge in [0.05, 0.1) is 10.6 Å². The summed E-state index contributed by atoms with van der Waals surface area (Å²) in [7, 11) is 0. The molecule has 0 unspecified atom stereocenters. The topological polar surface area (TPSA) is 86.2 Å². The zero-order valence-electron chi connectivity index (χ0n) is 12.4. The van der Waals surface area contributed by atoms with Crippen molar-refractivity contribution in [1.29, 1.82) is 0 Å². The molecule has 24 heavy (non-hydrogen) atoms. The highest BCUT2D eigenvalue weighted by atomic mass is 35.5. The quantitative estimate of drug-likeness (QED) is 0.517. The number of halogens is 1. The molecule has 0 amide bonds. The van der Waals surface area contributed by atoms with E-state index in [4.69, 9.17) is 11.6 Å². The SMILES string of the molecule is Cc1nnc2n1-c1sc([N+](=O)[O-])cc1C(c1ccccc1Cl)=NC2. The number of rotatable bonds is 2. The second-order valence-corrected chi connectivity index (χ2v) is 6.62. The van der Waals surface area contributed by atoms with E-state index in [9.17, 15) is 10.1 Å². The van der Waals surface area contributed by atoms with Gasteiger partial charge in [-0.1, -0.05) is 29.8 Å². The van der Waals surface area contributed by atoms with Gasteiger partial charge in [-0.05, 0) is 24.3 Å². The van der Waals surface area contributed by atoms with Crippen LogP contribution in [0, 0.1) is 17.0 Å². The van der Waals surface area contributed by atoms with Gasteiger partial charge in [0.2, 0.25) is 0 Å². The van der Waals surface area contributed by atoms with Gasteiger partial charge in [0.1, 0.15) is 17.4 Å². The Kier molecular flexibility index (Phi) is 3.43. The molecule has 0 saturated heterocycles. The lowest BCUT2D eigenvalue weighted by atomic mass is 10.0. The summed E-state index contributed by atoms with van der Waals surface area (Å²) in [4.78, 5) is 15.5. The van der Waals surface area contributed by atoms with Gasteiger partial charge in [-0.3, -0.25) is 19.7 Å². The van der Waals surface area contributed by atoms with E-state index in [1.165, 1.54) is 6.07 Å². The van der Waals surface area contributed by atoms with E-state index >= 15 is 0 Å². The summed E-state index contributed by atoms with van der Waals surface area (Å²) < 4.78 is 1.82. The first kappa shape index (κ1) is 15.0. The molecule has 3 aromatic rings. The Labute approximate surface area is 145 Å². The summed E-state index contributed by atoms with van der Waals surface area (Å²) in [6, 6.07) is 8.86. The minimum atomic E-state index is -0.400. The zero-order valence-corrected chi connectivity index (χ0v) is 14.0. The van der Waals surface area contributed by atoms with Crippen LogP contribution < -0.4 is 0 Å². The number of aliphatic imine (C=N–C) groups is 1. The largest absolute Gasteiger partial charge is 0.326 e. The van der Waals surface area contributed by atoms with E-state index in [-0.39, 0.29) is 5.00 Å². The number of aromatic nitrogens is 3. The number of fused-ring (bicyclic) bond motifs is 3. The number of benzene rings is 1. The maximum Gasteiger partial charge on any atom is 0.326 e. The van der Waals surface area contributed by atoms with Crippen LogP contribution in [0.4, 0.5) is 5.00 Å². The molecule has 0 aliphatic carbocycles. The molecule has 120 valence electrons. The van der Waals surface area contributed by atoms with Crippen molar-refractivity contribution in [1.82, 2.24) is 14.8 Å². The van der Waals surface area contributed by atoms with Gasteiger partial charge in [0.25, 0.3) is 0 Å².